The summed E-state index contributed by atoms with van der Waals surface area (Å²) in [6.07, 6.45) is 0. The van der Waals surface area contributed by atoms with Gasteiger partial charge in [0.25, 0.3) is 0 Å². The van der Waals surface area contributed by atoms with Crippen molar-refractivity contribution in [3.05, 3.63) is 69.4 Å². The molecule has 6 heteroatoms. The van der Waals surface area contributed by atoms with E-state index in [0.717, 1.165) is 15.8 Å². The van der Waals surface area contributed by atoms with Gasteiger partial charge in [-0.15, -0.1) is 5.10 Å². The third kappa shape index (κ3) is 4.12. The highest BCUT2D eigenvalue weighted by Gasteiger charge is 2.07. The molecule has 0 bridgehead atoms. The predicted molar refractivity (Wildman–Crippen MR) is 102 cm³/mol. The normalized spacial score (nSPS) is 11.2. The van der Waals surface area contributed by atoms with E-state index in [0.29, 0.717) is 9.87 Å². The average Bonchev–Trinajstić information content (AvgIpc) is 2.95. The lowest BCUT2D eigenvalue weighted by Gasteiger charge is -2.06. The maximum Gasteiger partial charge on any atom is 0.184 e. The number of rotatable bonds is 5. The van der Waals surface area contributed by atoms with Crippen LogP contribution >= 0.6 is 35.3 Å². The smallest absolute Gasteiger partial charge is 0.184 e. The first kappa shape index (κ1) is 17.3. The minimum Gasteiger partial charge on any atom is -0.211 e. The molecule has 3 aromatic rings. The molecule has 1 aromatic heterocycles. The van der Waals surface area contributed by atoms with Crippen molar-refractivity contribution in [3.8, 4) is 5.69 Å². The van der Waals surface area contributed by atoms with E-state index in [-0.39, 0.29) is 5.82 Å². The monoisotopic (exact) mass is 376 g/mol. The van der Waals surface area contributed by atoms with Gasteiger partial charge in [-0.25, -0.2) is 9.07 Å². The topological polar surface area (TPSA) is 17.8 Å². The number of hydrogen-bond donors (Lipinski definition) is 0. The molecule has 2 aromatic carbocycles. The summed E-state index contributed by atoms with van der Waals surface area (Å²) in [5.41, 5.74) is 3.39. The Labute approximate surface area is 154 Å². The van der Waals surface area contributed by atoms with Gasteiger partial charge in [0, 0.05) is 5.75 Å². The number of benzene rings is 2. The summed E-state index contributed by atoms with van der Waals surface area (Å²) in [7, 11) is 0. The Kier molecular flexibility index (Phi) is 5.48. The van der Waals surface area contributed by atoms with Gasteiger partial charge in [0.15, 0.2) is 8.29 Å². The molecule has 0 amide bonds. The molecule has 2 nitrogen and oxygen atoms in total. The Hall–Kier alpha value is -1.50. The molecule has 0 aliphatic rings. The summed E-state index contributed by atoms with van der Waals surface area (Å²) >= 11 is 8.52. The summed E-state index contributed by atoms with van der Waals surface area (Å²) in [4.78, 5) is 0. The van der Waals surface area contributed by atoms with Crippen LogP contribution in [0.4, 0.5) is 4.39 Å². The standard InChI is InChI=1S/C18H17FN2S3/c1-12(2)14-5-3-13(4-6-14)11-23-17-20-21(18(22)24-17)16-9-7-15(19)8-10-16/h3-10,12H,11H2,1-2H3. The van der Waals surface area contributed by atoms with Crippen LogP contribution in [-0.4, -0.2) is 9.78 Å². The summed E-state index contributed by atoms with van der Waals surface area (Å²) < 4.78 is 16.3. The van der Waals surface area contributed by atoms with E-state index >= 15 is 0 Å². The molecule has 0 aliphatic heterocycles. The number of hydrogen-bond acceptors (Lipinski definition) is 4. The highest BCUT2D eigenvalue weighted by atomic mass is 32.2. The quantitative estimate of drug-likeness (QED) is 0.389. The van der Waals surface area contributed by atoms with Crippen molar-refractivity contribution in [1.29, 1.82) is 0 Å². The first-order valence-electron chi connectivity index (χ1n) is 7.60. The maximum absolute atomic E-state index is 13.0. The van der Waals surface area contributed by atoms with E-state index in [9.17, 15) is 4.39 Å². The number of nitrogens with zero attached hydrogens (tertiary/aromatic N) is 2. The summed E-state index contributed by atoms with van der Waals surface area (Å²) in [5.74, 6) is 1.13. The van der Waals surface area contributed by atoms with E-state index in [2.05, 4.69) is 43.2 Å². The Balaban J connectivity index is 1.71. The minimum absolute atomic E-state index is 0.264. The van der Waals surface area contributed by atoms with Crippen LogP contribution in [0.3, 0.4) is 0 Å². The second kappa shape index (κ2) is 7.59. The maximum atomic E-state index is 13.0. The van der Waals surface area contributed by atoms with E-state index in [4.69, 9.17) is 12.2 Å². The van der Waals surface area contributed by atoms with Crippen LogP contribution in [0.5, 0.6) is 0 Å². The zero-order chi connectivity index (χ0) is 17.1. The number of aromatic nitrogens is 2. The van der Waals surface area contributed by atoms with Gasteiger partial charge in [-0.05, 0) is 53.5 Å². The van der Waals surface area contributed by atoms with Gasteiger partial charge < -0.3 is 0 Å². The lowest BCUT2D eigenvalue weighted by atomic mass is 10.0. The Morgan fingerprint density at radius 1 is 1.12 bits per heavy atom. The molecule has 0 saturated carbocycles. The zero-order valence-corrected chi connectivity index (χ0v) is 15.8. The highest BCUT2D eigenvalue weighted by molar-refractivity contribution is 8.00. The van der Waals surface area contributed by atoms with Crippen LogP contribution < -0.4 is 0 Å². The van der Waals surface area contributed by atoms with Crippen LogP contribution in [0, 0.1) is 9.77 Å². The second-order valence-corrected chi connectivity index (χ2v) is 8.55. The molecule has 0 unspecified atom stereocenters. The fourth-order valence-corrected chi connectivity index (χ4v) is 4.53. The Morgan fingerprint density at radius 2 is 1.79 bits per heavy atom. The van der Waals surface area contributed by atoms with E-state index in [1.165, 1.54) is 34.6 Å². The molecule has 0 aliphatic carbocycles. The lowest BCUT2D eigenvalue weighted by Crippen LogP contribution is -1.96. The van der Waals surface area contributed by atoms with Gasteiger partial charge in [0.1, 0.15) is 5.82 Å². The van der Waals surface area contributed by atoms with Crippen LogP contribution in [0.25, 0.3) is 5.69 Å². The Morgan fingerprint density at radius 3 is 2.42 bits per heavy atom. The van der Waals surface area contributed by atoms with Gasteiger partial charge in [0.2, 0.25) is 0 Å². The van der Waals surface area contributed by atoms with Crippen LogP contribution in [0.2, 0.25) is 0 Å². The third-order valence-electron chi connectivity index (χ3n) is 3.61. The molecule has 0 N–H and O–H groups in total. The average molecular weight is 377 g/mol. The predicted octanol–water partition coefficient (Wildman–Crippen LogP) is 6.22. The molecule has 0 atom stereocenters. The SMILES string of the molecule is CC(C)c1ccc(CSc2nn(-c3ccc(F)cc3)c(=S)s2)cc1. The zero-order valence-electron chi connectivity index (χ0n) is 13.4. The van der Waals surface area contributed by atoms with Crippen molar-refractivity contribution in [3.63, 3.8) is 0 Å². The Bertz CT molecular complexity index is 865. The molecule has 0 radical (unpaired) electrons. The van der Waals surface area contributed by atoms with Crippen molar-refractivity contribution >= 4 is 35.3 Å². The fraction of sp³-hybridized carbons (Fsp3) is 0.222. The summed E-state index contributed by atoms with van der Waals surface area (Å²) in [6, 6.07) is 14.9. The van der Waals surface area contributed by atoms with Crippen molar-refractivity contribution in [2.24, 2.45) is 0 Å². The van der Waals surface area contributed by atoms with E-state index in [1.807, 2.05) is 0 Å². The van der Waals surface area contributed by atoms with Crippen LogP contribution in [-0.2, 0) is 5.75 Å². The first-order valence-corrected chi connectivity index (χ1v) is 9.81. The van der Waals surface area contributed by atoms with E-state index in [1.54, 1.807) is 28.6 Å². The molecule has 0 saturated heterocycles. The number of thioether (sulfide) groups is 1. The fourth-order valence-electron chi connectivity index (χ4n) is 2.21. The van der Waals surface area contributed by atoms with Crippen molar-refractivity contribution in [1.82, 2.24) is 9.78 Å². The molecule has 24 heavy (non-hydrogen) atoms. The molecule has 0 spiro atoms. The van der Waals surface area contributed by atoms with Crippen LogP contribution in [0.1, 0.15) is 30.9 Å². The van der Waals surface area contributed by atoms with E-state index < -0.39 is 0 Å². The van der Waals surface area contributed by atoms with Crippen molar-refractivity contribution in [2.75, 3.05) is 0 Å². The highest BCUT2D eigenvalue weighted by Crippen LogP contribution is 2.27. The van der Waals surface area contributed by atoms with Gasteiger partial charge in [-0.2, -0.15) is 0 Å². The molecular formula is C18H17FN2S3. The summed E-state index contributed by atoms with van der Waals surface area (Å²) in [6.45, 7) is 4.39. The van der Waals surface area contributed by atoms with Gasteiger partial charge in [-0.1, -0.05) is 61.2 Å². The first-order chi connectivity index (χ1) is 11.5. The van der Waals surface area contributed by atoms with Gasteiger partial charge in [0.05, 0.1) is 5.69 Å². The molecule has 124 valence electrons. The van der Waals surface area contributed by atoms with Crippen LogP contribution in [0.15, 0.2) is 52.9 Å². The lowest BCUT2D eigenvalue weighted by molar-refractivity contribution is 0.627. The van der Waals surface area contributed by atoms with Gasteiger partial charge in [-0.3, -0.25) is 0 Å². The largest absolute Gasteiger partial charge is 0.211 e. The summed E-state index contributed by atoms with van der Waals surface area (Å²) in [5, 5.41) is 4.54. The molecule has 1 heterocycles. The molecule has 3 rings (SSSR count). The minimum atomic E-state index is -0.264. The molecule has 0 fully saturated rings. The van der Waals surface area contributed by atoms with Gasteiger partial charge >= 0.3 is 0 Å². The van der Waals surface area contributed by atoms with Crippen molar-refractivity contribution < 1.29 is 4.39 Å². The molecular weight excluding hydrogens is 359 g/mol. The third-order valence-corrected chi connectivity index (χ3v) is 6.05. The number of halogens is 1. The van der Waals surface area contributed by atoms with Crippen molar-refractivity contribution in [2.45, 2.75) is 29.9 Å². The second-order valence-electron chi connectivity index (χ2n) is 5.71.